The molecule has 7 amide bonds. The SMILES string of the molecule is CCCCc1ccc(-c2ccc(C(=O)N[C@H](N)C(=O)NCC(=O)N(C)[C@H](C(=O)N[C@@H](C)C(=O)N[C@@H](CC(N)=O)C(=O)NCB(O)O)C(C)O)cc2)cc1. The minimum absolute atomic E-state index is 0.245. The number of likely N-dealkylation sites (N-methyl/N-ethyl adjacent to an activating group) is 1. The quantitative estimate of drug-likeness (QED) is 0.0483. The van der Waals surface area contributed by atoms with Gasteiger partial charge in [-0.15, -0.1) is 0 Å². The number of carbonyl (C=O) groups is 7. The molecule has 19 heteroatoms. The van der Waals surface area contributed by atoms with Crippen molar-refractivity contribution in [2.45, 2.75) is 76.8 Å². The lowest BCUT2D eigenvalue weighted by atomic mass is 9.92. The highest BCUT2D eigenvalue weighted by atomic mass is 16.4. The minimum atomic E-state index is -1.90. The highest BCUT2D eigenvalue weighted by molar-refractivity contribution is 6.41. The van der Waals surface area contributed by atoms with E-state index in [1.54, 1.807) is 24.3 Å². The molecule has 18 nitrogen and oxygen atoms in total. The van der Waals surface area contributed by atoms with Crippen LogP contribution in [0, 0.1) is 0 Å². The Morgan fingerprint density at radius 3 is 1.92 bits per heavy atom. The number of aliphatic hydroxyl groups excluding tert-OH is 1. The summed E-state index contributed by atoms with van der Waals surface area (Å²) in [5.41, 5.74) is 14.4. The summed E-state index contributed by atoms with van der Waals surface area (Å²) in [7, 11) is -0.728. The number of primary amides is 1. The highest BCUT2D eigenvalue weighted by Gasteiger charge is 2.34. The Hall–Kier alpha value is -5.37. The minimum Gasteiger partial charge on any atom is -0.426 e. The fourth-order valence-corrected chi connectivity index (χ4v) is 5.01. The molecular formula is C34H49BN8O10. The molecule has 12 N–H and O–H groups in total. The first-order chi connectivity index (χ1) is 24.9. The van der Waals surface area contributed by atoms with E-state index in [9.17, 15) is 38.7 Å². The largest absolute Gasteiger partial charge is 0.472 e. The van der Waals surface area contributed by atoms with Crippen molar-refractivity contribution in [3.05, 3.63) is 59.7 Å². The van der Waals surface area contributed by atoms with E-state index in [1.807, 2.05) is 12.1 Å². The van der Waals surface area contributed by atoms with Crippen molar-refractivity contribution >= 4 is 48.5 Å². The molecule has 0 bridgehead atoms. The van der Waals surface area contributed by atoms with E-state index < -0.39 is 98.3 Å². The van der Waals surface area contributed by atoms with Crippen LogP contribution in [0.1, 0.15) is 56.0 Å². The van der Waals surface area contributed by atoms with Crippen LogP contribution < -0.4 is 38.1 Å². The number of benzene rings is 2. The van der Waals surface area contributed by atoms with Gasteiger partial charge < -0.3 is 58.1 Å². The summed E-state index contributed by atoms with van der Waals surface area (Å²) < 4.78 is 0. The van der Waals surface area contributed by atoms with Gasteiger partial charge in [0.2, 0.25) is 29.5 Å². The van der Waals surface area contributed by atoms with Gasteiger partial charge in [0, 0.05) is 12.6 Å². The number of carbonyl (C=O) groups excluding carboxylic acids is 7. The second-order valence-electron chi connectivity index (χ2n) is 12.4. The van der Waals surface area contributed by atoms with E-state index in [0.29, 0.717) is 0 Å². The summed E-state index contributed by atoms with van der Waals surface area (Å²) in [5, 5.41) is 39.5. The third-order valence-corrected chi connectivity index (χ3v) is 8.02. The molecule has 1 unspecified atom stereocenters. The number of unbranched alkanes of at least 4 members (excludes halogenated alkanes) is 1. The molecule has 2 rings (SSSR count). The molecule has 0 spiro atoms. The lowest BCUT2D eigenvalue weighted by Gasteiger charge is -2.30. The second-order valence-corrected chi connectivity index (χ2v) is 12.4. The molecule has 0 aliphatic carbocycles. The van der Waals surface area contributed by atoms with Crippen LogP contribution in [-0.4, -0.2) is 119 Å². The number of aryl methyl sites for hydroxylation is 1. The first kappa shape index (κ1) is 43.8. The van der Waals surface area contributed by atoms with Crippen LogP contribution >= 0.6 is 0 Å². The monoisotopic (exact) mass is 740 g/mol. The Labute approximate surface area is 307 Å². The molecule has 0 aliphatic heterocycles. The van der Waals surface area contributed by atoms with Crippen molar-refractivity contribution in [2.75, 3.05) is 20.0 Å². The van der Waals surface area contributed by atoms with Crippen LogP contribution in [0.25, 0.3) is 11.1 Å². The van der Waals surface area contributed by atoms with Crippen molar-refractivity contribution in [1.82, 2.24) is 31.5 Å². The number of amides is 7. The molecule has 288 valence electrons. The summed E-state index contributed by atoms with van der Waals surface area (Å²) >= 11 is 0. The van der Waals surface area contributed by atoms with E-state index >= 15 is 0 Å². The number of nitrogens with one attached hydrogen (secondary N) is 5. The topological polar surface area (TPSA) is 296 Å². The van der Waals surface area contributed by atoms with Gasteiger partial charge in [0.05, 0.1) is 25.5 Å². The van der Waals surface area contributed by atoms with E-state index in [2.05, 4.69) is 45.6 Å². The average Bonchev–Trinajstić information content (AvgIpc) is 3.11. The summed E-state index contributed by atoms with van der Waals surface area (Å²) in [6, 6.07) is 10.4. The fraction of sp³-hybridized carbons (Fsp3) is 0.441. The normalized spacial score (nSPS) is 13.6. The molecule has 0 fully saturated rings. The van der Waals surface area contributed by atoms with Crippen LogP contribution in [-0.2, 0) is 35.2 Å². The van der Waals surface area contributed by atoms with Crippen molar-refractivity contribution < 1.29 is 48.7 Å². The van der Waals surface area contributed by atoms with E-state index in [0.717, 1.165) is 35.3 Å². The van der Waals surface area contributed by atoms with E-state index in [-0.39, 0.29) is 5.56 Å². The van der Waals surface area contributed by atoms with Gasteiger partial charge in [0.25, 0.3) is 11.8 Å². The van der Waals surface area contributed by atoms with Gasteiger partial charge in [-0.1, -0.05) is 49.7 Å². The van der Waals surface area contributed by atoms with Crippen molar-refractivity contribution in [3.8, 4) is 11.1 Å². The van der Waals surface area contributed by atoms with E-state index in [1.165, 1.54) is 26.5 Å². The molecule has 53 heavy (non-hydrogen) atoms. The summed E-state index contributed by atoms with van der Waals surface area (Å²) in [4.78, 5) is 88.7. The number of rotatable bonds is 20. The second kappa shape index (κ2) is 21.2. The highest BCUT2D eigenvalue weighted by Crippen LogP contribution is 2.21. The number of nitrogens with zero attached hydrogens (tertiary/aromatic N) is 1. The smallest absolute Gasteiger partial charge is 0.426 e. The van der Waals surface area contributed by atoms with Crippen molar-refractivity contribution in [2.24, 2.45) is 11.5 Å². The number of hydrogen-bond donors (Lipinski definition) is 10. The predicted molar refractivity (Wildman–Crippen MR) is 194 cm³/mol. The molecule has 5 atom stereocenters. The van der Waals surface area contributed by atoms with Crippen molar-refractivity contribution in [3.63, 3.8) is 0 Å². The zero-order valence-corrected chi connectivity index (χ0v) is 30.1. The summed E-state index contributed by atoms with van der Waals surface area (Å²) in [6.45, 7) is 3.90. The molecule has 2 aromatic rings. The van der Waals surface area contributed by atoms with Crippen LogP contribution in [0.4, 0.5) is 0 Å². The van der Waals surface area contributed by atoms with Crippen molar-refractivity contribution in [1.29, 1.82) is 0 Å². The lowest BCUT2D eigenvalue weighted by molar-refractivity contribution is -0.143. The molecule has 0 heterocycles. The summed E-state index contributed by atoms with van der Waals surface area (Å²) in [6.07, 6.45) is -1.03. The van der Waals surface area contributed by atoms with Crippen LogP contribution in [0.5, 0.6) is 0 Å². The molecular weight excluding hydrogens is 691 g/mol. The first-order valence-corrected chi connectivity index (χ1v) is 16.9. The third kappa shape index (κ3) is 14.3. The zero-order chi connectivity index (χ0) is 39.8. The molecule has 2 aromatic carbocycles. The maximum absolute atomic E-state index is 13.1. The van der Waals surface area contributed by atoms with Gasteiger partial charge in [0.1, 0.15) is 18.1 Å². The zero-order valence-electron chi connectivity index (χ0n) is 30.1. The van der Waals surface area contributed by atoms with Crippen LogP contribution in [0.15, 0.2) is 48.5 Å². The lowest BCUT2D eigenvalue weighted by Crippen LogP contribution is -2.60. The molecule has 0 radical (unpaired) electrons. The molecule has 0 aliphatic rings. The maximum Gasteiger partial charge on any atom is 0.472 e. The Kier molecular flexibility index (Phi) is 17.5. The number of hydrogen-bond acceptors (Lipinski definition) is 11. The van der Waals surface area contributed by atoms with Crippen LogP contribution in [0.3, 0.4) is 0 Å². The molecule has 0 saturated heterocycles. The Balaban J connectivity index is 1.93. The predicted octanol–water partition coefficient (Wildman–Crippen LogP) is -2.97. The van der Waals surface area contributed by atoms with Gasteiger partial charge in [-0.2, -0.15) is 0 Å². The van der Waals surface area contributed by atoms with Gasteiger partial charge in [0.15, 0.2) is 6.17 Å². The van der Waals surface area contributed by atoms with Crippen LogP contribution in [0.2, 0.25) is 0 Å². The van der Waals surface area contributed by atoms with E-state index in [4.69, 9.17) is 21.5 Å². The third-order valence-electron chi connectivity index (χ3n) is 8.02. The molecule has 0 saturated carbocycles. The fourth-order valence-electron chi connectivity index (χ4n) is 5.01. The number of aliphatic hydroxyl groups is 1. The average molecular weight is 741 g/mol. The Morgan fingerprint density at radius 1 is 0.811 bits per heavy atom. The van der Waals surface area contributed by atoms with Gasteiger partial charge in [-0.05, 0) is 55.5 Å². The van der Waals surface area contributed by atoms with Gasteiger partial charge in [-0.3, -0.25) is 33.6 Å². The van der Waals surface area contributed by atoms with Gasteiger partial charge >= 0.3 is 7.12 Å². The van der Waals surface area contributed by atoms with Gasteiger partial charge in [-0.25, -0.2) is 0 Å². The Bertz CT molecular complexity index is 1590. The Morgan fingerprint density at radius 2 is 1.40 bits per heavy atom. The standard InChI is InChI=1S/C34H49BN8O10/c1-5-6-7-21-8-10-22(11-9-21)23-12-14-24(15-13-23)31(48)42-29(37)34(51)38-17-27(46)43(4)28(20(3)44)33(50)40-19(2)30(47)41-25(16-26(36)45)32(49)39-18-35(52)53/h8-15,19-20,25,28-29,44,52-53H,5-7,16-18,37H2,1-4H3,(H2,36,45)(H,38,51)(H,39,49)(H,40,50)(H,41,47)(H,42,48)/t19-,20?,25-,28-,29-/m0/s1. The number of nitrogens with two attached hydrogens (primary N) is 2. The summed E-state index contributed by atoms with van der Waals surface area (Å²) in [5.74, 6) is -6.23. The first-order valence-electron chi connectivity index (χ1n) is 16.9. The maximum atomic E-state index is 13.1. The molecule has 0 aromatic heterocycles.